The molecule has 15 heavy (non-hydrogen) atoms. The minimum absolute atomic E-state index is 0.220. The molecule has 0 amide bonds. The Kier molecular flexibility index (Phi) is 2.82. The van der Waals surface area contributed by atoms with Gasteiger partial charge in [0.15, 0.2) is 0 Å². The summed E-state index contributed by atoms with van der Waals surface area (Å²) in [5.74, 6) is 0. The standard InChI is InChI=1S/C10H16N2O2S/c1-2-9-7-11-12(8-9)15(13,14)10-5-3-4-6-10/h7-8,10H,2-6H2,1H3. The van der Waals surface area contributed by atoms with Crippen LogP contribution in [0.5, 0.6) is 0 Å². The van der Waals surface area contributed by atoms with E-state index in [0.29, 0.717) is 0 Å². The predicted molar refractivity (Wildman–Crippen MR) is 58.2 cm³/mol. The van der Waals surface area contributed by atoms with Crippen molar-refractivity contribution in [3.05, 3.63) is 18.0 Å². The van der Waals surface area contributed by atoms with Crippen molar-refractivity contribution in [2.24, 2.45) is 0 Å². The molecule has 0 spiro atoms. The number of hydrogen-bond donors (Lipinski definition) is 0. The summed E-state index contributed by atoms with van der Waals surface area (Å²) in [6.45, 7) is 1.99. The lowest BCUT2D eigenvalue weighted by molar-refractivity contribution is 0.563. The van der Waals surface area contributed by atoms with Gasteiger partial charge in [-0.3, -0.25) is 0 Å². The number of aromatic nitrogens is 2. The van der Waals surface area contributed by atoms with Crippen LogP contribution >= 0.6 is 0 Å². The SMILES string of the molecule is CCc1cnn(S(=O)(=O)C2CCCC2)c1. The molecule has 1 aliphatic rings. The molecule has 84 valence electrons. The zero-order chi connectivity index (χ0) is 10.9. The monoisotopic (exact) mass is 228 g/mol. The summed E-state index contributed by atoms with van der Waals surface area (Å²) >= 11 is 0. The van der Waals surface area contributed by atoms with E-state index in [4.69, 9.17) is 0 Å². The normalized spacial score (nSPS) is 18.5. The van der Waals surface area contributed by atoms with Gasteiger partial charge in [0.2, 0.25) is 0 Å². The quantitative estimate of drug-likeness (QED) is 0.789. The second kappa shape index (κ2) is 3.96. The lowest BCUT2D eigenvalue weighted by atomic mass is 10.3. The van der Waals surface area contributed by atoms with Gasteiger partial charge in [0, 0.05) is 6.20 Å². The third kappa shape index (κ3) is 1.93. The molecule has 0 radical (unpaired) electrons. The van der Waals surface area contributed by atoms with Crippen molar-refractivity contribution >= 4 is 10.0 Å². The van der Waals surface area contributed by atoms with Crippen LogP contribution in [0.2, 0.25) is 0 Å². The summed E-state index contributed by atoms with van der Waals surface area (Å²) in [5.41, 5.74) is 0.969. The van der Waals surface area contributed by atoms with Crippen LogP contribution in [-0.2, 0) is 16.4 Å². The minimum atomic E-state index is -3.22. The zero-order valence-electron chi connectivity index (χ0n) is 8.89. The molecule has 1 heterocycles. The van der Waals surface area contributed by atoms with Crippen LogP contribution in [-0.4, -0.2) is 22.9 Å². The predicted octanol–water partition coefficient (Wildman–Crippen LogP) is 1.57. The van der Waals surface area contributed by atoms with Gasteiger partial charge in [0.1, 0.15) is 0 Å². The Morgan fingerprint density at radius 2 is 2.13 bits per heavy atom. The van der Waals surface area contributed by atoms with E-state index < -0.39 is 10.0 Å². The second-order valence-corrected chi connectivity index (χ2v) is 6.10. The zero-order valence-corrected chi connectivity index (χ0v) is 9.70. The highest BCUT2D eigenvalue weighted by atomic mass is 32.2. The molecule has 0 bridgehead atoms. The lowest BCUT2D eigenvalue weighted by Crippen LogP contribution is -2.25. The molecule has 1 aliphatic carbocycles. The van der Waals surface area contributed by atoms with Crippen molar-refractivity contribution in [3.8, 4) is 0 Å². The molecule has 1 aromatic heterocycles. The average Bonchev–Trinajstić information content (AvgIpc) is 2.89. The maximum absolute atomic E-state index is 12.1. The van der Waals surface area contributed by atoms with E-state index in [-0.39, 0.29) is 5.25 Å². The molecular weight excluding hydrogens is 212 g/mol. The van der Waals surface area contributed by atoms with Crippen LogP contribution in [0.4, 0.5) is 0 Å². The molecule has 1 fully saturated rings. The maximum Gasteiger partial charge on any atom is 0.256 e. The molecule has 0 aliphatic heterocycles. The van der Waals surface area contributed by atoms with Gasteiger partial charge in [-0.05, 0) is 24.8 Å². The van der Waals surface area contributed by atoms with E-state index in [1.165, 1.54) is 0 Å². The summed E-state index contributed by atoms with van der Waals surface area (Å²) in [7, 11) is -3.22. The second-order valence-electron chi connectivity index (χ2n) is 4.03. The number of nitrogens with zero attached hydrogens (tertiary/aromatic N) is 2. The van der Waals surface area contributed by atoms with Gasteiger partial charge in [-0.2, -0.15) is 9.19 Å². The summed E-state index contributed by atoms with van der Waals surface area (Å²) in [6.07, 6.45) is 7.69. The van der Waals surface area contributed by atoms with Crippen molar-refractivity contribution in [3.63, 3.8) is 0 Å². The molecule has 2 rings (SSSR count). The van der Waals surface area contributed by atoms with Gasteiger partial charge in [0.25, 0.3) is 10.0 Å². The molecule has 4 nitrogen and oxygen atoms in total. The third-order valence-corrected chi connectivity index (χ3v) is 5.04. The molecule has 0 saturated heterocycles. The first-order chi connectivity index (χ1) is 7.14. The smallest absolute Gasteiger partial charge is 0.204 e. The largest absolute Gasteiger partial charge is 0.256 e. The van der Waals surface area contributed by atoms with Crippen LogP contribution in [0.25, 0.3) is 0 Å². The molecule has 5 heteroatoms. The Labute approximate surface area is 90.3 Å². The van der Waals surface area contributed by atoms with Crippen LogP contribution < -0.4 is 0 Å². The van der Waals surface area contributed by atoms with E-state index in [9.17, 15) is 8.42 Å². The van der Waals surface area contributed by atoms with E-state index >= 15 is 0 Å². The average molecular weight is 228 g/mol. The van der Waals surface area contributed by atoms with Crippen LogP contribution in [0, 0.1) is 0 Å². The van der Waals surface area contributed by atoms with Crippen molar-refractivity contribution in [2.75, 3.05) is 0 Å². The number of rotatable bonds is 3. The first-order valence-electron chi connectivity index (χ1n) is 5.42. The van der Waals surface area contributed by atoms with E-state index in [2.05, 4.69) is 5.10 Å². The lowest BCUT2D eigenvalue weighted by Gasteiger charge is -2.10. The molecule has 0 N–H and O–H groups in total. The first-order valence-corrected chi connectivity index (χ1v) is 6.93. The molecule has 1 saturated carbocycles. The molecule has 0 atom stereocenters. The highest BCUT2D eigenvalue weighted by Crippen LogP contribution is 2.25. The van der Waals surface area contributed by atoms with Crippen molar-refractivity contribution in [2.45, 2.75) is 44.3 Å². The number of aryl methyl sites for hydroxylation is 1. The third-order valence-electron chi connectivity index (χ3n) is 3.01. The van der Waals surface area contributed by atoms with Crippen LogP contribution in [0.15, 0.2) is 12.4 Å². The van der Waals surface area contributed by atoms with Gasteiger partial charge >= 0.3 is 0 Å². The Hall–Kier alpha value is -0.840. The number of hydrogen-bond acceptors (Lipinski definition) is 3. The van der Waals surface area contributed by atoms with Crippen molar-refractivity contribution in [1.29, 1.82) is 0 Å². The van der Waals surface area contributed by atoms with Crippen molar-refractivity contribution < 1.29 is 8.42 Å². The van der Waals surface area contributed by atoms with E-state index in [1.807, 2.05) is 6.92 Å². The van der Waals surface area contributed by atoms with Gasteiger partial charge in [-0.1, -0.05) is 19.8 Å². The fraction of sp³-hybridized carbons (Fsp3) is 0.700. The summed E-state index contributed by atoms with van der Waals surface area (Å²) < 4.78 is 25.3. The van der Waals surface area contributed by atoms with Gasteiger partial charge in [-0.25, -0.2) is 8.42 Å². The minimum Gasteiger partial charge on any atom is -0.204 e. The first kappa shape index (κ1) is 10.7. The fourth-order valence-corrected chi connectivity index (χ4v) is 3.70. The Balaban J connectivity index is 2.28. The van der Waals surface area contributed by atoms with Gasteiger partial charge in [0.05, 0.1) is 11.4 Å². The highest BCUT2D eigenvalue weighted by molar-refractivity contribution is 7.90. The molecule has 0 unspecified atom stereocenters. The molecular formula is C10H16N2O2S. The summed E-state index contributed by atoms with van der Waals surface area (Å²) in [4.78, 5) is 0. The fourth-order valence-electron chi connectivity index (χ4n) is 2.00. The maximum atomic E-state index is 12.1. The van der Waals surface area contributed by atoms with Crippen LogP contribution in [0.3, 0.4) is 0 Å². The summed E-state index contributed by atoms with van der Waals surface area (Å²) in [6, 6.07) is 0. The van der Waals surface area contributed by atoms with E-state index in [1.54, 1.807) is 12.4 Å². The van der Waals surface area contributed by atoms with Gasteiger partial charge < -0.3 is 0 Å². The molecule has 1 aromatic rings. The van der Waals surface area contributed by atoms with Gasteiger partial charge in [-0.15, -0.1) is 0 Å². The Bertz CT molecular complexity index is 430. The van der Waals surface area contributed by atoms with Crippen LogP contribution in [0.1, 0.15) is 38.2 Å². The topological polar surface area (TPSA) is 52.0 Å². The van der Waals surface area contributed by atoms with Crippen molar-refractivity contribution in [1.82, 2.24) is 9.19 Å². The highest BCUT2D eigenvalue weighted by Gasteiger charge is 2.30. The summed E-state index contributed by atoms with van der Waals surface area (Å²) in [5, 5.41) is 3.71. The Morgan fingerprint density at radius 3 is 2.67 bits per heavy atom. The molecule has 0 aromatic carbocycles. The Morgan fingerprint density at radius 1 is 1.47 bits per heavy atom. The van der Waals surface area contributed by atoms with E-state index in [0.717, 1.165) is 41.8 Å².